The fourth-order valence-electron chi connectivity index (χ4n) is 1.54. The van der Waals surface area contributed by atoms with Gasteiger partial charge in [0.2, 0.25) is 0 Å². The van der Waals surface area contributed by atoms with Gasteiger partial charge >= 0.3 is 0 Å². The summed E-state index contributed by atoms with van der Waals surface area (Å²) in [6.45, 7) is 4.26. The molecule has 1 aromatic rings. The molecular formula is C12H14N2. The van der Waals surface area contributed by atoms with Crippen molar-refractivity contribution in [2.45, 2.75) is 19.9 Å². The zero-order chi connectivity index (χ0) is 9.97. The van der Waals surface area contributed by atoms with E-state index < -0.39 is 0 Å². The van der Waals surface area contributed by atoms with Crippen LogP contribution in [0.15, 0.2) is 40.9 Å². The molecule has 2 nitrogen and oxygen atoms in total. The number of benzene rings is 1. The fourth-order valence-corrected chi connectivity index (χ4v) is 1.54. The highest BCUT2D eigenvalue weighted by Gasteiger charge is 2.12. The number of hydrogen-bond acceptors (Lipinski definition) is 2. The maximum atomic E-state index is 4.37. The Morgan fingerprint density at radius 3 is 2.64 bits per heavy atom. The number of aliphatic imine (C=N–C) groups is 1. The summed E-state index contributed by atoms with van der Waals surface area (Å²) in [7, 11) is 0. The van der Waals surface area contributed by atoms with E-state index in [2.05, 4.69) is 36.3 Å². The molecule has 1 aliphatic rings. The first kappa shape index (κ1) is 9.00. The Labute approximate surface area is 84.4 Å². The quantitative estimate of drug-likeness (QED) is 0.715. The lowest BCUT2D eigenvalue weighted by atomic mass is 10.0. The zero-order valence-electron chi connectivity index (χ0n) is 8.49. The Morgan fingerprint density at radius 1 is 1.21 bits per heavy atom. The van der Waals surface area contributed by atoms with E-state index in [1.54, 1.807) is 6.34 Å². The zero-order valence-corrected chi connectivity index (χ0v) is 8.49. The van der Waals surface area contributed by atoms with E-state index in [1.165, 1.54) is 11.1 Å². The number of hydrogen-bond donors (Lipinski definition) is 1. The summed E-state index contributed by atoms with van der Waals surface area (Å²) >= 11 is 0. The molecule has 14 heavy (non-hydrogen) atoms. The van der Waals surface area contributed by atoms with Gasteiger partial charge in [0.15, 0.2) is 0 Å². The Balaban J connectivity index is 2.44. The topological polar surface area (TPSA) is 24.4 Å². The van der Waals surface area contributed by atoms with Crippen LogP contribution in [0.3, 0.4) is 0 Å². The minimum absolute atomic E-state index is 0.378. The molecule has 0 radical (unpaired) electrons. The third kappa shape index (κ3) is 1.55. The molecule has 0 fully saturated rings. The molecule has 1 heterocycles. The molecule has 1 unspecified atom stereocenters. The second-order valence-corrected chi connectivity index (χ2v) is 3.54. The number of nitrogens with zero attached hydrogens (tertiary/aromatic N) is 1. The second kappa shape index (κ2) is 3.66. The molecule has 1 atom stereocenters. The monoisotopic (exact) mass is 186 g/mol. The molecule has 0 bridgehead atoms. The van der Waals surface area contributed by atoms with E-state index >= 15 is 0 Å². The predicted octanol–water partition coefficient (Wildman–Crippen LogP) is 2.44. The van der Waals surface area contributed by atoms with Gasteiger partial charge < -0.3 is 5.32 Å². The Hall–Kier alpha value is -1.57. The van der Waals surface area contributed by atoms with Crippen molar-refractivity contribution in [3.63, 3.8) is 0 Å². The predicted molar refractivity (Wildman–Crippen MR) is 60.1 cm³/mol. The molecule has 1 aliphatic heterocycles. The molecule has 0 amide bonds. The van der Waals surface area contributed by atoms with E-state index in [-0.39, 0.29) is 0 Å². The van der Waals surface area contributed by atoms with E-state index in [0.29, 0.717) is 6.04 Å². The van der Waals surface area contributed by atoms with Gasteiger partial charge in [-0.3, -0.25) is 0 Å². The van der Waals surface area contributed by atoms with E-state index in [9.17, 15) is 0 Å². The SMILES string of the molecule is CC1=C(c2ccccc2)N=CNC1C. The van der Waals surface area contributed by atoms with Gasteiger partial charge in [-0.2, -0.15) is 0 Å². The van der Waals surface area contributed by atoms with E-state index in [4.69, 9.17) is 0 Å². The van der Waals surface area contributed by atoms with Gasteiger partial charge in [0.25, 0.3) is 0 Å². The summed E-state index contributed by atoms with van der Waals surface area (Å²) in [5.74, 6) is 0. The molecule has 1 aromatic carbocycles. The van der Waals surface area contributed by atoms with Gasteiger partial charge in [-0.15, -0.1) is 0 Å². The summed E-state index contributed by atoms with van der Waals surface area (Å²) in [5, 5.41) is 3.18. The molecule has 2 rings (SSSR count). The van der Waals surface area contributed by atoms with Crippen molar-refractivity contribution in [3.8, 4) is 0 Å². The highest BCUT2D eigenvalue weighted by atomic mass is 15.0. The van der Waals surface area contributed by atoms with Crippen molar-refractivity contribution in [3.05, 3.63) is 41.5 Å². The number of rotatable bonds is 1. The molecule has 0 saturated carbocycles. The molecule has 0 aliphatic carbocycles. The van der Waals surface area contributed by atoms with Crippen molar-refractivity contribution >= 4 is 12.0 Å². The largest absolute Gasteiger partial charge is 0.370 e. The first-order valence-corrected chi connectivity index (χ1v) is 4.84. The lowest BCUT2D eigenvalue weighted by Crippen LogP contribution is -2.29. The third-order valence-electron chi connectivity index (χ3n) is 2.59. The Kier molecular flexibility index (Phi) is 2.35. The summed E-state index contributed by atoms with van der Waals surface area (Å²) in [5.41, 5.74) is 3.57. The van der Waals surface area contributed by atoms with Gasteiger partial charge in [0.1, 0.15) is 0 Å². The fraction of sp³-hybridized carbons (Fsp3) is 0.250. The smallest absolute Gasteiger partial charge is 0.0891 e. The molecule has 0 spiro atoms. The third-order valence-corrected chi connectivity index (χ3v) is 2.59. The molecule has 2 heteroatoms. The van der Waals surface area contributed by atoms with E-state index in [1.807, 2.05) is 18.2 Å². The van der Waals surface area contributed by atoms with Gasteiger partial charge in [-0.25, -0.2) is 4.99 Å². The maximum absolute atomic E-state index is 4.37. The van der Waals surface area contributed by atoms with Gasteiger partial charge in [-0.1, -0.05) is 30.3 Å². The summed E-state index contributed by atoms with van der Waals surface area (Å²) in [6, 6.07) is 10.7. The average molecular weight is 186 g/mol. The Bertz CT molecular complexity index is 377. The molecule has 1 N–H and O–H groups in total. The standard InChI is InChI=1S/C12H14N2/c1-9-10(2)13-8-14-12(9)11-6-4-3-5-7-11/h3-8,10H,1-2H3,(H,13,14). The first-order chi connectivity index (χ1) is 6.79. The van der Waals surface area contributed by atoms with Gasteiger partial charge in [-0.05, 0) is 19.4 Å². The normalized spacial score (nSPS) is 20.9. The lowest BCUT2D eigenvalue weighted by Gasteiger charge is -2.20. The van der Waals surface area contributed by atoms with Crippen LogP contribution < -0.4 is 5.32 Å². The highest BCUT2D eigenvalue weighted by Crippen LogP contribution is 2.23. The van der Waals surface area contributed by atoms with Gasteiger partial charge in [0.05, 0.1) is 12.0 Å². The molecule has 0 aromatic heterocycles. The molecule has 72 valence electrons. The van der Waals surface area contributed by atoms with Crippen LogP contribution in [-0.2, 0) is 0 Å². The van der Waals surface area contributed by atoms with Crippen molar-refractivity contribution in [1.29, 1.82) is 0 Å². The van der Waals surface area contributed by atoms with Crippen LogP contribution in [0.1, 0.15) is 19.4 Å². The van der Waals surface area contributed by atoms with Gasteiger partial charge in [0, 0.05) is 11.6 Å². The lowest BCUT2D eigenvalue weighted by molar-refractivity contribution is 0.760. The van der Waals surface area contributed by atoms with Crippen LogP contribution in [0.2, 0.25) is 0 Å². The first-order valence-electron chi connectivity index (χ1n) is 4.84. The summed E-state index contributed by atoms with van der Waals surface area (Å²) in [4.78, 5) is 4.37. The van der Waals surface area contributed by atoms with Crippen LogP contribution in [0.25, 0.3) is 5.70 Å². The van der Waals surface area contributed by atoms with Crippen LogP contribution in [0, 0.1) is 0 Å². The minimum atomic E-state index is 0.378. The van der Waals surface area contributed by atoms with Crippen LogP contribution in [-0.4, -0.2) is 12.4 Å². The molecular weight excluding hydrogens is 172 g/mol. The Morgan fingerprint density at radius 2 is 1.93 bits per heavy atom. The van der Waals surface area contributed by atoms with Crippen molar-refractivity contribution in [1.82, 2.24) is 5.32 Å². The maximum Gasteiger partial charge on any atom is 0.0891 e. The van der Waals surface area contributed by atoms with Crippen LogP contribution in [0.5, 0.6) is 0 Å². The van der Waals surface area contributed by atoms with Crippen LogP contribution in [0.4, 0.5) is 0 Å². The second-order valence-electron chi connectivity index (χ2n) is 3.54. The van der Waals surface area contributed by atoms with Crippen LogP contribution >= 0.6 is 0 Å². The van der Waals surface area contributed by atoms with Crippen molar-refractivity contribution < 1.29 is 0 Å². The summed E-state index contributed by atoms with van der Waals surface area (Å²) < 4.78 is 0. The molecule has 0 saturated heterocycles. The van der Waals surface area contributed by atoms with E-state index in [0.717, 1.165) is 5.70 Å². The average Bonchev–Trinajstić information content (AvgIpc) is 2.23. The number of nitrogens with one attached hydrogen (secondary N) is 1. The highest BCUT2D eigenvalue weighted by molar-refractivity contribution is 5.78. The van der Waals surface area contributed by atoms with Crippen molar-refractivity contribution in [2.24, 2.45) is 4.99 Å². The minimum Gasteiger partial charge on any atom is -0.370 e. The van der Waals surface area contributed by atoms with Crippen molar-refractivity contribution in [2.75, 3.05) is 0 Å². The summed E-state index contributed by atoms with van der Waals surface area (Å²) in [6.07, 6.45) is 1.78.